The van der Waals surface area contributed by atoms with E-state index in [1.54, 1.807) is 0 Å². The molecule has 2 heteroatoms. The minimum absolute atomic E-state index is 0.301. The molecule has 0 radical (unpaired) electrons. The Morgan fingerprint density at radius 2 is 2.00 bits per heavy atom. The van der Waals surface area contributed by atoms with Crippen molar-refractivity contribution in [3.05, 3.63) is 29.8 Å². The average Bonchev–Trinajstić information content (AvgIpc) is 3.00. The highest BCUT2D eigenvalue weighted by atomic mass is 16.6. The predicted molar refractivity (Wildman–Crippen MR) is 48.9 cm³/mol. The van der Waals surface area contributed by atoms with Crippen LogP contribution in [0.2, 0.25) is 0 Å². The summed E-state index contributed by atoms with van der Waals surface area (Å²) in [6, 6.07) is 8.27. The molecule has 0 saturated carbocycles. The van der Waals surface area contributed by atoms with Crippen molar-refractivity contribution in [2.24, 2.45) is 0 Å². The van der Waals surface area contributed by atoms with E-state index in [1.807, 2.05) is 12.1 Å². The second-order valence-corrected chi connectivity index (χ2v) is 3.67. The molecule has 0 unspecified atom stereocenters. The van der Waals surface area contributed by atoms with Crippen molar-refractivity contribution in [1.29, 1.82) is 0 Å². The molecule has 1 fully saturated rings. The first-order chi connectivity index (χ1) is 6.43. The zero-order valence-corrected chi connectivity index (χ0v) is 7.40. The fourth-order valence-corrected chi connectivity index (χ4v) is 1.88. The highest BCUT2D eigenvalue weighted by Gasteiger charge is 2.36. The van der Waals surface area contributed by atoms with Gasteiger partial charge in [0.2, 0.25) is 0 Å². The molecule has 2 aliphatic heterocycles. The van der Waals surface area contributed by atoms with Crippen molar-refractivity contribution in [3.63, 3.8) is 0 Å². The van der Waals surface area contributed by atoms with Crippen LogP contribution in [0.1, 0.15) is 12.0 Å². The Hall–Kier alpha value is -1.02. The normalized spacial score (nSPS) is 30.5. The minimum atomic E-state index is 0.301. The van der Waals surface area contributed by atoms with E-state index in [0.717, 1.165) is 25.2 Å². The third kappa shape index (κ3) is 1.31. The summed E-state index contributed by atoms with van der Waals surface area (Å²) in [6.07, 6.45) is 2.89. The number of aryl methyl sites for hydroxylation is 1. The molecular weight excluding hydrogens is 164 g/mol. The summed E-state index contributed by atoms with van der Waals surface area (Å²) in [6.45, 7) is 0.882. The maximum absolute atomic E-state index is 5.83. The Balaban J connectivity index is 1.85. The SMILES string of the molecule is c1ccc2c(c1)CC[C@@H]([C@@H]1CO1)O2. The Morgan fingerprint density at radius 3 is 2.85 bits per heavy atom. The maximum Gasteiger partial charge on any atom is 0.127 e. The highest BCUT2D eigenvalue weighted by molar-refractivity contribution is 5.35. The summed E-state index contributed by atoms with van der Waals surface area (Å²) >= 11 is 0. The third-order valence-electron chi connectivity index (χ3n) is 2.72. The Kier molecular flexibility index (Phi) is 1.56. The number of epoxide rings is 1. The maximum atomic E-state index is 5.83. The van der Waals surface area contributed by atoms with Crippen LogP contribution in [0, 0.1) is 0 Å². The number of fused-ring (bicyclic) bond motifs is 1. The van der Waals surface area contributed by atoms with E-state index in [2.05, 4.69) is 12.1 Å². The monoisotopic (exact) mass is 176 g/mol. The van der Waals surface area contributed by atoms with Gasteiger partial charge in [0.15, 0.2) is 0 Å². The van der Waals surface area contributed by atoms with Gasteiger partial charge in [-0.1, -0.05) is 18.2 Å². The summed E-state index contributed by atoms with van der Waals surface area (Å²) < 4.78 is 11.1. The van der Waals surface area contributed by atoms with E-state index in [-0.39, 0.29) is 0 Å². The molecule has 2 heterocycles. The molecular formula is C11H12O2. The van der Waals surface area contributed by atoms with Crippen molar-refractivity contribution in [2.75, 3.05) is 6.61 Å². The van der Waals surface area contributed by atoms with Gasteiger partial charge >= 0.3 is 0 Å². The molecule has 1 saturated heterocycles. The van der Waals surface area contributed by atoms with Gasteiger partial charge < -0.3 is 9.47 Å². The Labute approximate surface area is 77.5 Å². The predicted octanol–water partition coefficient (Wildman–Crippen LogP) is 1.78. The summed E-state index contributed by atoms with van der Waals surface area (Å²) in [5, 5.41) is 0. The molecule has 1 aromatic rings. The zero-order chi connectivity index (χ0) is 8.67. The zero-order valence-electron chi connectivity index (χ0n) is 7.40. The third-order valence-corrected chi connectivity index (χ3v) is 2.72. The molecule has 0 N–H and O–H groups in total. The summed E-state index contributed by atoms with van der Waals surface area (Å²) in [4.78, 5) is 0. The molecule has 0 aromatic heterocycles. The van der Waals surface area contributed by atoms with Gasteiger partial charge in [0.05, 0.1) is 6.61 Å². The van der Waals surface area contributed by atoms with Crippen LogP contribution in [-0.2, 0) is 11.2 Å². The second-order valence-electron chi connectivity index (χ2n) is 3.67. The van der Waals surface area contributed by atoms with E-state index in [9.17, 15) is 0 Å². The molecule has 0 aliphatic carbocycles. The Morgan fingerprint density at radius 1 is 1.15 bits per heavy atom. The summed E-state index contributed by atoms with van der Waals surface area (Å²) in [7, 11) is 0. The van der Waals surface area contributed by atoms with Crippen molar-refractivity contribution in [2.45, 2.75) is 25.0 Å². The lowest BCUT2D eigenvalue weighted by Gasteiger charge is -2.24. The lowest BCUT2D eigenvalue weighted by Crippen LogP contribution is -2.27. The molecule has 0 bridgehead atoms. The molecule has 0 spiro atoms. The summed E-state index contributed by atoms with van der Waals surface area (Å²) in [5.74, 6) is 1.05. The molecule has 2 nitrogen and oxygen atoms in total. The number of hydrogen-bond acceptors (Lipinski definition) is 2. The van der Waals surface area contributed by atoms with Crippen molar-refractivity contribution < 1.29 is 9.47 Å². The number of rotatable bonds is 1. The van der Waals surface area contributed by atoms with Gasteiger partial charge in [0, 0.05) is 0 Å². The minimum Gasteiger partial charge on any atom is -0.487 e. The van der Waals surface area contributed by atoms with E-state index in [4.69, 9.17) is 9.47 Å². The first-order valence-corrected chi connectivity index (χ1v) is 4.79. The first kappa shape index (κ1) is 7.39. The van der Waals surface area contributed by atoms with Gasteiger partial charge in [0.25, 0.3) is 0 Å². The van der Waals surface area contributed by atoms with E-state index in [0.29, 0.717) is 12.2 Å². The fraction of sp³-hybridized carbons (Fsp3) is 0.455. The fourth-order valence-electron chi connectivity index (χ4n) is 1.88. The lowest BCUT2D eigenvalue weighted by atomic mass is 10.0. The van der Waals surface area contributed by atoms with Crippen molar-refractivity contribution in [1.82, 2.24) is 0 Å². The van der Waals surface area contributed by atoms with E-state index >= 15 is 0 Å². The van der Waals surface area contributed by atoms with Gasteiger partial charge in [-0.05, 0) is 24.5 Å². The molecule has 3 rings (SSSR count). The van der Waals surface area contributed by atoms with Crippen molar-refractivity contribution in [3.8, 4) is 5.75 Å². The van der Waals surface area contributed by atoms with E-state index < -0.39 is 0 Å². The second kappa shape index (κ2) is 2.74. The topological polar surface area (TPSA) is 21.8 Å². The van der Waals surface area contributed by atoms with Gasteiger partial charge in [-0.3, -0.25) is 0 Å². The average molecular weight is 176 g/mol. The number of para-hydroxylation sites is 1. The van der Waals surface area contributed by atoms with Gasteiger partial charge in [-0.15, -0.1) is 0 Å². The van der Waals surface area contributed by atoms with Gasteiger partial charge in [-0.2, -0.15) is 0 Å². The number of benzene rings is 1. The lowest BCUT2D eigenvalue weighted by molar-refractivity contribution is 0.136. The molecule has 68 valence electrons. The molecule has 0 amide bonds. The molecule has 2 atom stereocenters. The smallest absolute Gasteiger partial charge is 0.127 e. The van der Waals surface area contributed by atoms with Crippen LogP contribution in [0.4, 0.5) is 0 Å². The van der Waals surface area contributed by atoms with Crippen molar-refractivity contribution >= 4 is 0 Å². The molecule has 13 heavy (non-hydrogen) atoms. The Bertz CT molecular complexity index is 318. The number of hydrogen-bond donors (Lipinski definition) is 0. The van der Waals surface area contributed by atoms with E-state index in [1.165, 1.54) is 5.56 Å². The summed E-state index contributed by atoms with van der Waals surface area (Å²) in [5.41, 5.74) is 1.33. The van der Waals surface area contributed by atoms with Crippen LogP contribution < -0.4 is 4.74 Å². The van der Waals surface area contributed by atoms with Crippen LogP contribution in [0.25, 0.3) is 0 Å². The van der Waals surface area contributed by atoms with Gasteiger partial charge in [-0.25, -0.2) is 0 Å². The highest BCUT2D eigenvalue weighted by Crippen LogP contribution is 2.31. The molecule has 1 aromatic carbocycles. The van der Waals surface area contributed by atoms with Crippen LogP contribution in [0.5, 0.6) is 5.75 Å². The number of ether oxygens (including phenoxy) is 2. The quantitative estimate of drug-likeness (QED) is 0.608. The molecule has 2 aliphatic rings. The van der Waals surface area contributed by atoms with Gasteiger partial charge in [0.1, 0.15) is 18.0 Å². The van der Waals surface area contributed by atoms with Crippen LogP contribution >= 0.6 is 0 Å². The first-order valence-electron chi connectivity index (χ1n) is 4.79. The van der Waals surface area contributed by atoms with Crippen LogP contribution in [0.15, 0.2) is 24.3 Å². The standard InChI is InChI=1S/C11H12O2/c1-2-4-9-8(3-1)5-6-10(13-9)11-7-12-11/h1-4,10-11H,5-7H2/t10-,11-/m0/s1. The largest absolute Gasteiger partial charge is 0.487 e. The van der Waals surface area contributed by atoms with Crippen LogP contribution in [0.3, 0.4) is 0 Å². The van der Waals surface area contributed by atoms with Crippen LogP contribution in [-0.4, -0.2) is 18.8 Å².